The molecule has 1 aromatic carbocycles. The lowest BCUT2D eigenvalue weighted by Gasteiger charge is -2.32. The zero-order chi connectivity index (χ0) is 20.8. The first kappa shape index (κ1) is 21.2. The lowest BCUT2D eigenvalue weighted by Crippen LogP contribution is -2.44. The molecule has 8 heteroatoms. The van der Waals surface area contributed by atoms with Gasteiger partial charge in [0.05, 0.1) is 17.1 Å². The lowest BCUT2D eigenvalue weighted by molar-refractivity contribution is -0.132. The Morgan fingerprint density at radius 3 is 2.93 bits per heavy atom. The molecule has 0 saturated carbocycles. The van der Waals surface area contributed by atoms with Gasteiger partial charge in [0.25, 0.3) is 0 Å². The van der Waals surface area contributed by atoms with E-state index in [0.29, 0.717) is 31.1 Å². The van der Waals surface area contributed by atoms with Crippen LogP contribution in [-0.2, 0) is 11.2 Å². The zero-order valence-electron chi connectivity index (χ0n) is 16.8. The van der Waals surface area contributed by atoms with Gasteiger partial charge in [0.2, 0.25) is 5.91 Å². The van der Waals surface area contributed by atoms with Gasteiger partial charge in [-0.15, -0.1) is 11.3 Å². The van der Waals surface area contributed by atoms with Crippen molar-refractivity contribution in [3.05, 3.63) is 46.2 Å². The van der Waals surface area contributed by atoms with E-state index in [2.05, 4.69) is 29.5 Å². The van der Waals surface area contributed by atoms with Gasteiger partial charge in [0, 0.05) is 36.6 Å². The summed E-state index contributed by atoms with van der Waals surface area (Å²) >= 11 is 1.60. The standard InChI is InChI=1S/C21H27FN4O2S/c1-14(2)20-24-18(13-29-20)10-19(27)26-8-4-5-15(12-26)11-23-21(28)25-17-7-3-6-16(22)9-17/h3,6-7,9,13-15H,4-5,8,10-12H2,1-2H3,(H2,23,25,28). The van der Waals surface area contributed by atoms with Gasteiger partial charge in [-0.3, -0.25) is 4.79 Å². The second kappa shape index (κ2) is 9.82. The van der Waals surface area contributed by atoms with Crippen LogP contribution in [0.5, 0.6) is 0 Å². The smallest absolute Gasteiger partial charge is 0.319 e. The summed E-state index contributed by atoms with van der Waals surface area (Å²) in [6, 6.07) is 5.40. The number of carbonyl (C=O) groups excluding carboxylic acids is 2. The maximum absolute atomic E-state index is 13.2. The molecule has 1 atom stereocenters. The normalized spacial score (nSPS) is 16.7. The molecule has 0 spiro atoms. The van der Waals surface area contributed by atoms with Gasteiger partial charge in [-0.25, -0.2) is 14.2 Å². The highest BCUT2D eigenvalue weighted by molar-refractivity contribution is 7.09. The molecular formula is C21H27FN4O2S. The van der Waals surface area contributed by atoms with E-state index in [9.17, 15) is 14.0 Å². The van der Waals surface area contributed by atoms with Crippen LogP contribution in [0.25, 0.3) is 0 Å². The maximum Gasteiger partial charge on any atom is 0.319 e. The number of hydrogen-bond acceptors (Lipinski definition) is 4. The van der Waals surface area contributed by atoms with Crippen molar-refractivity contribution >= 4 is 29.0 Å². The molecular weight excluding hydrogens is 391 g/mol. The molecule has 29 heavy (non-hydrogen) atoms. The summed E-state index contributed by atoms with van der Waals surface area (Å²) in [5.74, 6) is 0.254. The number of piperidine rings is 1. The number of rotatable bonds is 6. The second-order valence-corrected chi connectivity index (χ2v) is 8.59. The highest BCUT2D eigenvalue weighted by Gasteiger charge is 2.24. The summed E-state index contributed by atoms with van der Waals surface area (Å²) in [6.45, 7) is 6.03. The van der Waals surface area contributed by atoms with Gasteiger partial charge in [0.1, 0.15) is 5.82 Å². The van der Waals surface area contributed by atoms with E-state index in [1.807, 2.05) is 10.3 Å². The fraction of sp³-hybridized carbons (Fsp3) is 0.476. The first-order valence-electron chi connectivity index (χ1n) is 9.93. The second-order valence-electron chi connectivity index (χ2n) is 7.70. The number of thiazole rings is 1. The van der Waals surface area contributed by atoms with E-state index in [0.717, 1.165) is 30.1 Å². The number of likely N-dealkylation sites (tertiary alicyclic amines) is 1. The first-order valence-corrected chi connectivity index (χ1v) is 10.8. The highest BCUT2D eigenvalue weighted by Crippen LogP contribution is 2.21. The molecule has 1 aliphatic rings. The molecule has 0 radical (unpaired) electrons. The topological polar surface area (TPSA) is 74.3 Å². The van der Waals surface area contributed by atoms with E-state index in [1.54, 1.807) is 23.5 Å². The minimum Gasteiger partial charge on any atom is -0.342 e. The Morgan fingerprint density at radius 2 is 2.21 bits per heavy atom. The van der Waals surface area contributed by atoms with Crippen molar-refractivity contribution in [2.45, 2.75) is 39.0 Å². The van der Waals surface area contributed by atoms with Crippen LogP contribution < -0.4 is 10.6 Å². The third-order valence-corrected chi connectivity index (χ3v) is 6.10. The molecule has 1 saturated heterocycles. The monoisotopic (exact) mass is 418 g/mol. The Kier molecular flexibility index (Phi) is 7.19. The number of urea groups is 1. The summed E-state index contributed by atoms with van der Waals surface area (Å²) < 4.78 is 13.2. The van der Waals surface area contributed by atoms with Crippen LogP contribution in [0.4, 0.5) is 14.9 Å². The van der Waals surface area contributed by atoms with Crippen LogP contribution in [0.15, 0.2) is 29.6 Å². The molecule has 2 heterocycles. The quantitative estimate of drug-likeness (QED) is 0.744. The lowest BCUT2D eigenvalue weighted by atomic mass is 9.97. The Morgan fingerprint density at radius 1 is 1.38 bits per heavy atom. The maximum atomic E-state index is 13.2. The van der Waals surface area contributed by atoms with Gasteiger partial charge >= 0.3 is 6.03 Å². The van der Waals surface area contributed by atoms with Gasteiger partial charge in [-0.2, -0.15) is 0 Å². The molecule has 6 nitrogen and oxygen atoms in total. The van der Waals surface area contributed by atoms with E-state index in [1.165, 1.54) is 12.1 Å². The zero-order valence-corrected chi connectivity index (χ0v) is 17.6. The molecule has 0 aliphatic carbocycles. The molecule has 1 aromatic heterocycles. The summed E-state index contributed by atoms with van der Waals surface area (Å²) in [5, 5.41) is 8.47. The first-order chi connectivity index (χ1) is 13.9. The number of benzene rings is 1. The van der Waals surface area contributed by atoms with E-state index >= 15 is 0 Å². The predicted octanol–water partition coefficient (Wildman–Crippen LogP) is 4.01. The van der Waals surface area contributed by atoms with Gasteiger partial charge in [0.15, 0.2) is 0 Å². The van der Waals surface area contributed by atoms with Gasteiger partial charge < -0.3 is 15.5 Å². The number of hydrogen-bond donors (Lipinski definition) is 2. The molecule has 2 N–H and O–H groups in total. The summed E-state index contributed by atoms with van der Waals surface area (Å²) in [7, 11) is 0. The number of halogens is 1. The molecule has 156 valence electrons. The van der Waals surface area contributed by atoms with E-state index in [-0.39, 0.29) is 17.9 Å². The number of nitrogens with one attached hydrogen (secondary N) is 2. The van der Waals surface area contributed by atoms with Crippen LogP contribution >= 0.6 is 11.3 Å². The molecule has 1 fully saturated rings. The van der Waals surface area contributed by atoms with Crippen molar-refractivity contribution in [2.75, 3.05) is 25.0 Å². The van der Waals surface area contributed by atoms with Crippen LogP contribution in [0.3, 0.4) is 0 Å². The van der Waals surface area contributed by atoms with Crippen LogP contribution in [-0.4, -0.2) is 41.5 Å². The third-order valence-electron chi connectivity index (χ3n) is 4.90. The van der Waals surface area contributed by atoms with Gasteiger partial charge in [-0.05, 0) is 37.0 Å². The van der Waals surface area contributed by atoms with Crippen molar-refractivity contribution in [1.29, 1.82) is 0 Å². The Bertz CT molecular complexity index is 855. The van der Waals surface area contributed by atoms with Crippen LogP contribution in [0.2, 0.25) is 0 Å². The number of aromatic nitrogens is 1. The molecule has 1 aliphatic heterocycles. The molecule has 3 rings (SSSR count). The Labute approximate surface area is 174 Å². The largest absolute Gasteiger partial charge is 0.342 e. The Balaban J connectivity index is 1.45. The molecule has 2 aromatic rings. The number of amides is 3. The van der Waals surface area contributed by atoms with Crippen molar-refractivity contribution in [3.8, 4) is 0 Å². The molecule has 0 bridgehead atoms. The van der Waals surface area contributed by atoms with Crippen LogP contribution in [0.1, 0.15) is 43.3 Å². The average Bonchev–Trinajstić information content (AvgIpc) is 3.15. The van der Waals surface area contributed by atoms with Gasteiger partial charge in [-0.1, -0.05) is 19.9 Å². The minimum absolute atomic E-state index is 0.0829. The van der Waals surface area contributed by atoms with E-state index < -0.39 is 5.82 Å². The fourth-order valence-electron chi connectivity index (χ4n) is 3.37. The SMILES string of the molecule is CC(C)c1nc(CC(=O)N2CCCC(CNC(=O)Nc3cccc(F)c3)C2)cs1. The average molecular weight is 419 g/mol. The fourth-order valence-corrected chi connectivity index (χ4v) is 4.21. The van der Waals surface area contributed by atoms with Crippen molar-refractivity contribution in [2.24, 2.45) is 5.92 Å². The van der Waals surface area contributed by atoms with Crippen molar-refractivity contribution in [1.82, 2.24) is 15.2 Å². The molecule has 1 unspecified atom stereocenters. The Hall–Kier alpha value is -2.48. The summed E-state index contributed by atoms with van der Waals surface area (Å²) in [5.41, 5.74) is 1.24. The third kappa shape index (κ3) is 6.25. The van der Waals surface area contributed by atoms with Crippen LogP contribution in [0, 0.1) is 11.7 Å². The summed E-state index contributed by atoms with van der Waals surface area (Å²) in [6.07, 6.45) is 2.19. The highest BCUT2D eigenvalue weighted by atomic mass is 32.1. The van der Waals surface area contributed by atoms with E-state index in [4.69, 9.17) is 0 Å². The minimum atomic E-state index is -0.398. The number of anilines is 1. The molecule has 3 amide bonds. The predicted molar refractivity (Wildman–Crippen MR) is 113 cm³/mol. The van der Waals surface area contributed by atoms with Crippen molar-refractivity contribution in [3.63, 3.8) is 0 Å². The number of nitrogens with zero attached hydrogens (tertiary/aromatic N) is 2. The number of carbonyl (C=O) groups is 2. The summed E-state index contributed by atoms with van der Waals surface area (Å²) in [4.78, 5) is 31.1. The van der Waals surface area contributed by atoms with Crippen molar-refractivity contribution < 1.29 is 14.0 Å².